The van der Waals surface area contributed by atoms with Crippen LogP contribution in [0.1, 0.15) is 5.56 Å². The maximum Gasteiger partial charge on any atom is 0.123 e. The van der Waals surface area contributed by atoms with Crippen molar-refractivity contribution < 1.29 is 4.39 Å². The standard InChI is InChI=1S/C10H8FN/c1-2-10(12)7-8-3-5-9(11)6-4-8/h1,3-7H,12H2/b10-7+. The van der Waals surface area contributed by atoms with Gasteiger partial charge in [0.1, 0.15) is 5.82 Å². The smallest absolute Gasteiger partial charge is 0.123 e. The van der Waals surface area contributed by atoms with E-state index < -0.39 is 0 Å². The van der Waals surface area contributed by atoms with E-state index in [0.29, 0.717) is 5.70 Å². The first-order valence-electron chi connectivity index (χ1n) is 3.42. The van der Waals surface area contributed by atoms with Crippen LogP contribution < -0.4 is 5.73 Å². The Morgan fingerprint density at radius 3 is 2.50 bits per heavy atom. The molecule has 0 aliphatic heterocycles. The Labute approximate surface area is 70.7 Å². The van der Waals surface area contributed by atoms with Crippen molar-refractivity contribution in [2.75, 3.05) is 0 Å². The highest BCUT2D eigenvalue weighted by molar-refractivity contribution is 5.56. The number of hydrogen-bond acceptors (Lipinski definition) is 1. The van der Waals surface area contributed by atoms with E-state index in [0.717, 1.165) is 5.56 Å². The van der Waals surface area contributed by atoms with Gasteiger partial charge in [0.2, 0.25) is 0 Å². The highest BCUT2D eigenvalue weighted by Crippen LogP contribution is 2.05. The van der Waals surface area contributed by atoms with Crippen molar-refractivity contribution in [3.8, 4) is 12.3 Å². The molecule has 0 saturated carbocycles. The van der Waals surface area contributed by atoms with Gasteiger partial charge in [0, 0.05) is 0 Å². The molecule has 1 aromatic carbocycles. The third kappa shape index (κ3) is 2.14. The van der Waals surface area contributed by atoms with Crippen LogP contribution in [0.25, 0.3) is 6.08 Å². The zero-order chi connectivity index (χ0) is 8.97. The Bertz CT molecular complexity index is 330. The fourth-order valence-electron chi connectivity index (χ4n) is 0.780. The lowest BCUT2D eigenvalue weighted by Crippen LogP contribution is -1.91. The lowest BCUT2D eigenvalue weighted by atomic mass is 10.2. The number of halogens is 1. The zero-order valence-electron chi connectivity index (χ0n) is 6.42. The molecule has 1 nitrogen and oxygen atoms in total. The van der Waals surface area contributed by atoms with Crippen LogP contribution in [-0.2, 0) is 0 Å². The molecular formula is C10H8FN. The molecule has 2 N–H and O–H groups in total. The van der Waals surface area contributed by atoms with Crippen molar-refractivity contribution in [3.05, 3.63) is 41.3 Å². The highest BCUT2D eigenvalue weighted by Gasteiger charge is 1.89. The van der Waals surface area contributed by atoms with Crippen molar-refractivity contribution in [2.24, 2.45) is 5.73 Å². The molecule has 12 heavy (non-hydrogen) atoms. The highest BCUT2D eigenvalue weighted by atomic mass is 19.1. The van der Waals surface area contributed by atoms with Gasteiger partial charge in [-0.3, -0.25) is 0 Å². The van der Waals surface area contributed by atoms with Gasteiger partial charge >= 0.3 is 0 Å². The van der Waals surface area contributed by atoms with E-state index >= 15 is 0 Å². The van der Waals surface area contributed by atoms with Crippen LogP contribution in [0, 0.1) is 18.2 Å². The summed E-state index contributed by atoms with van der Waals surface area (Å²) in [5.41, 5.74) is 6.51. The van der Waals surface area contributed by atoms with Gasteiger partial charge in [0.25, 0.3) is 0 Å². The van der Waals surface area contributed by atoms with Crippen LogP contribution >= 0.6 is 0 Å². The first-order chi connectivity index (χ1) is 5.72. The Balaban J connectivity index is 2.93. The summed E-state index contributed by atoms with van der Waals surface area (Å²) in [4.78, 5) is 0. The van der Waals surface area contributed by atoms with Gasteiger partial charge in [0.15, 0.2) is 0 Å². The van der Waals surface area contributed by atoms with Crippen molar-refractivity contribution in [1.29, 1.82) is 0 Å². The second-order valence-corrected chi connectivity index (χ2v) is 2.30. The number of allylic oxidation sites excluding steroid dienone is 1. The minimum atomic E-state index is -0.272. The summed E-state index contributed by atoms with van der Waals surface area (Å²) in [6.07, 6.45) is 6.64. The van der Waals surface area contributed by atoms with E-state index in [9.17, 15) is 4.39 Å². The molecule has 0 aliphatic carbocycles. The van der Waals surface area contributed by atoms with Crippen molar-refractivity contribution in [2.45, 2.75) is 0 Å². The van der Waals surface area contributed by atoms with Gasteiger partial charge in [-0.25, -0.2) is 4.39 Å². The van der Waals surface area contributed by atoms with Crippen LogP contribution in [-0.4, -0.2) is 0 Å². The topological polar surface area (TPSA) is 26.0 Å². The van der Waals surface area contributed by atoms with Crippen molar-refractivity contribution in [3.63, 3.8) is 0 Å². The van der Waals surface area contributed by atoms with Crippen LogP contribution in [0.15, 0.2) is 30.0 Å². The predicted molar refractivity (Wildman–Crippen MR) is 47.4 cm³/mol. The average molecular weight is 161 g/mol. The van der Waals surface area contributed by atoms with E-state index in [4.69, 9.17) is 12.2 Å². The molecule has 0 aromatic heterocycles. The fraction of sp³-hybridized carbons (Fsp3) is 0. The second kappa shape index (κ2) is 3.59. The fourth-order valence-corrected chi connectivity index (χ4v) is 0.780. The van der Waals surface area contributed by atoms with Crippen LogP contribution in [0.2, 0.25) is 0 Å². The maximum atomic E-state index is 12.4. The van der Waals surface area contributed by atoms with Gasteiger partial charge in [0.05, 0.1) is 5.70 Å². The van der Waals surface area contributed by atoms with E-state index in [2.05, 4.69) is 5.92 Å². The molecule has 60 valence electrons. The second-order valence-electron chi connectivity index (χ2n) is 2.30. The summed E-state index contributed by atoms with van der Waals surface area (Å²) < 4.78 is 12.4. The Kier molecular flexibility index (Phi) is 2.49. The Morgan fingerprint density at radius 2 is 2.00 bits per heavy atom. The molecule has 0 saturated heterocycles. The summed E-state index contributed by atoms with van der Waals surface area (Å²) in [5.74, 6) is 2.00. The van der Waals surface area contributed by atoms with Crippen LogP contribution in [0.3, 0.4) is 0 Å². The quantitative estimate of drug-likeness (QED) is 0.624. The summed E-state index contributed by atoms with van der Waals surface area (Å²) in [5, 5.41) is 0. The third-order valence-electron chi connectivity index (χ3n) is 1.36. The first-order valence-corrected chi connectivity index (χ1v) is 3.42. The van der Waals surface area contributed by atoms with E-state index in [-0.39, 0.29) is 5.82 Å². The van der Waals surface area contributed by atoms with E-state index in [1.807, 2.05) is 0 Å². The number of terminal acetylenes is 1. The minimum absolute atomic E-state index is 0.272. The SMILES string of the molecule is C#C/C(N)=C\c1ccc(F)cc1. The van der Waals surface area contributed by atoms with Gasteiger partial charge in [-0.15, -0.1) is 6.42 Å². The molecule has 0 fully saturated rings. The Hall–Kier alpha value is -1.75. The largest absolute Gasteiger partial charge is 0.392 e. The molecule has 0 unspecified atom stereocenters. The minimum Gasteiger partial charge on any atom is -0.392 e. The van der Waals surface area contributed by atoms with Gasteiger partial charge in [-0.1, -0.05) is 18.1 Å². The third-order valence-corrected chi connectivity index (χ3v) is 1.36. The number of benzene rings is 1. The molecular weight excluding hydrogens is 153 g/mol. The normalized spacial score (nSPS) is 10.8. The lowest BCUT2D eigenvalue weighted by Gasteiger charge is -1.93. The maximum absolute atomic E-state index is 12.4. The van der Waals surface area contributed by atoms with Gasteiger partial charge in [-0.05, 0) is 23.8 Å². The number of hydrogen-bond donors (Lipinski definition) is 1. The summed E-state index contributed by atoms with van der Waals surface area (Å²) in [6, 6.07) is 5.93. The van der Waals surface area contributed by atoms with Crippen LogP contribution in [0.4, 0.5) is 4.39 Å². The molecule has 1 rings (SSSR count). The summed E-state index contributed by atoms with van der Waals surface area (Å²) in [6.45, 7) is 0. The molecule has 0 amide bonds. The van der Waals surface area contributed by atoms with Crippen molar-refractivity contribution >= 4 is 6.08 Å². The summed E-state index contributed by atoms with van der Waals surface area (Å²) >= 11 is 0. The van der Waals surface area contributed by atoms with E-state index in [1.54, 1.807) is 18.2 Å². The van der Waals surface area contributed by atoms with Crippen LogP contribution in [0.5, 0.6) is 0 Å². The molecule has 0 radical (unpaired) electrons. The van der Waals surface area contributed by atoms with Gasteiger partial charge < -0.3 is 5.73 Å². The molecule has 0 aliphatic rings. The van der Waals surface area contributed by atoms with Crippen molar-refractivity contribution in [1.82, 2.24) is 0 Å². The lowest BCUT2D eigenvalue weighted by molar-refractivity contribution is 0.628. The summed E-state index contributed by atoms with van der Waals surface area (Å²) in [7, 11) is 0. The monoisotopic (exact) mass is 161 g/mol. The number of nitrogens with two attached hydrogens (primary N) is 1. The molecule has 2 heteroatoms. The zero-order valence-corrected chi connectivity index (χ0v) is 6.42. The molecule has 0 heterocycles. The molecule has 0 atom stereocenters. The average Bonchev–Trinajstić information content (AvgIpc) is 2.09. The molecule has 0 bridgehead atoms. The number of rotatable bonds is 1. The first kappa shape index (κ1) is 8.35. The Morgan fingerprint density at radius 1 is 1.42 bits per heavy atom. The molecule has 1 aromatic rings. The van der Waals surface area contributed by atoms with E-state index in [1.165, 1.54) is 12.1 Å². The molecule has 0 spiro atoms. The predicted octanol–water partition coefficient (Wildman–Crippen LogP) is 1.76. The van der Waals surface area contributed by atoms with Gasteiger partial charge in [-0.2, -0.15) is 0 Å².